The van der Waals surface area contributed by atoms with E-state index in [9.17, 15) is 23.3 Å². The van der Waals surface area contributed by atoms with Gasteiger partial charge in [0.25, 0.3) is 5.69 Å². The molecule has 0 spiro atoms. The Morgan fingerprint density at radius 3 is 2.06 bits per heavy atom. The number of methoxy groups -OCH3 is 2. The molecule has 32 heavy (non-hydrogen) atoms. The summed E-state index contributed by atoms with van der Waals surface area (Å²) >= 11 is 0. The first kappa shape index (κ1) is 22.8. The van der Waals surface area contributed by atoms with Crippen LogP contribution in [0, 0.1) is 10.1 Å². The number of carbonyl (C=O) groups excluding carboxylic acids is 1. The summed E-state index contributed by atoms with van der Waals surface area (Å²) in [5.41, 5.74) is 0.892. The van der Waals surface area contributed by atoms with E-state index in [2.05, 4.69) is 5.32 Å². The van der Waals surface area contributed by atoms with Crippen LogP contribution >= 0.6 is 0 Å². The van der Waals surface area contributed by atoms with Gasteiger partial charge in [0.2, 0.25) is 15.7 Å². The lowest BCUT2D eigenvalue weighted by atomic mass is 10.1. The number of hydrogen-bond donors (Lipinski definition) is 1. The number of amides is 1. The fraction of sp³-hybridized carbons (Fsp3) is 0.136. The molecule has 0 aliphatic rings. The maximum atomic E-state index is 12.7. The maximum Gasteiger partial charge on any atom is 0.269 e. The maximum absolute atomic E-state index is 12.7. The second kappa shape index (κ2) is 9.48. The topological polar surface area (TPSA) is 125 Å². The first-order valence-electron chi connectivity index (χ1n) is 9.35. The molecule has 0 aromatic heterocycles. The van der Waals surface area contributed by atoms with Crippen molar-refractivity contribution in [1.29, 1.82) is 0 Å². The van der Waals surface area contributed by atoms with E-state index in [1.54, 1.807) is 18.2 Å². The van der Waals surface area contributed by atoms with E-state index in [0.29, 0.717) is 22.7 Å². The number of rotatable bonds is 8. The number of anilines is 1. The van der Waals surface area contributed by atoms with Gasteiger partial charge in [-0.2, -0.15) is 0 Å². The van der Waals surface area contributed by atoms with Gasteiger partial charge in [0.1, 0.15) is 11.5 Å². The molecule has 0 heterocycles. The van der Waals surface area contributed by atoms with Crippen LogP contribution in [0.4, 0.5) is 11.4 Å². The molecular formula is C22H20N2O7S. The van der Waals surface area contributed by atoms with Gasteiger partial charge in [0, 0.05) is 29.4 Å². The van der Waals surface area contributed by atoms with Crippen molar-refractivity contribution in [1.82, 2.24) is 0 Å². The minimum absolute atomic E-state index is 0.00109. The Kier molecular flexibility index (Phi) is 6.74. The van der Waals surface area contributed by atoms with Crippen LogP contribution in [0.3, 0.4) is 0 Å². The molecule has 0 fully saturated rings. The summed E-state index contributed by atoms with van der Waals surface area (Å²) in [6, 6.07) is 15.4. The van der Waals surface area contributed by atoms with E-state index < -0.39 is 14.8 Å². The summed E-state index contributed by atoms with van der Waals surface area (Å²) in [6.45, 7) is 0. The number of nitrogens with one attached hydrogen (secondary N) is 1. The Bertz CT molecular complexity index is 1240. The Labute approximate surface area is 184 Å². The Hall–Kier alpha value is -3.92. The molecule has 1 N–H and O–H groups in total. The van der Waals surface area contributed by atoms with E-state index in [0.717, 1.165) is 12.1 Å². The summed E-state index contributed by atoms with van der Waals surface area (Å²) in [4.78, 5) is 22.5. The lowest BCUT2D eigenvalue weighted by molar-refractivity contribution is -0.384. The van der Waals surface area contributed by atoms with Crippen LogP contribution < -0.4 is 14.8 Å². The molecule has 3 aromatic rings. The fourth-order valence-electron chi connectivity index (χ4n) is 2.98. The van der Waals surface area contributed by atoms with E-state index in [1.165, 1.54) is 50.6 Å². The summed E-state index contributed by atoms with van der Waals surface area (Å²) in [5, 5.41) is 13.5. The van der Waals surface area contributed by atoms with Gasteiger partial charge in [-0.05, 0) is 42.5 Å². The van der Waals surface area contributed by atoms with Crippen molar-refractivity contribution in [3.63, 3.8) is 0 Å². The van der Waals surface area contributed by atoms with Gasteiger partial charge in [-0.3, -0.25) is 14.9 Å². The molecule has 0 saturated carbocycles. The first-order chi connectivity index (χ1) is 15.2. The van der Waals surface area contributed by atoms with Crippen molar-refractivity contribution < 1.29 is 27.6 Å². The van der Waals surface area contributed by atoms with Gasteiger partial charge in [-0.25, -0.2) is 8.42 Å². The third kappa shape index (κ3) is 5.03. The number of benzene rings is 3. The van der Waals surface area contributed by atoms with Gasteiger partial charge in [-0.1, -0.05) is 6.07 Å². The number of ether oxygens (including phenoxy) is 2. The number of nitro groups is 1. The van der Waals surface area contributed by atoms with Crippen molar-refractivity contribution in [3.05, 3.63) is 82.4 Å². The van der Waals surface area contributed by atoms with Crippen LogP contribution in [-0.4, -0.2) is 33.5 Å². The first-order valence-corrected chi connectivity index (χ1v) is 10.8. The van der Waals surface area contributed by atoms with Gasteiger partial charge in [-0.15, -0.1) is 0 Å². The van der Waals surface area contributed by atoms with Crippen LogP contribution in [0.25, 0.3) is 0 Å². The summed E-state index contributed by atoms with van der Waals surface area (Å²) in [5.74, 6) is 0.819. The zero-order valence-electron chi connectivity index (χ0n) is 17.3. The SMILES string of the molecule is COc1ccc(CC(=O)Nc2ccc(S(=O)(=O)c3ccc([N+](=O)[O-])cc3)cc2)c(OC)c1. The highest BCUT2D eigenvalue weighted by atomic mass is 32.2. The smallest absolute Gasteiger partial charge is 0.269 e. The lowest BCUT2D eigenvalue weighted by Gasteiger charge is -2.11. The molecule has 10 heteroatoms. The van der Waals surface area contributed by atoms with E-state index in [4.69, 9.17) is 9.47 Å². The summed E-state index contributed by atoms with van der Waals surface area (Å²) in [6.07, 6.45) is 0.0516. The lowest BCUT2D eigenvalue weighted by Crippen LogP contribution is -2.15. The Balaban J connectivity index is 1.71. The zero-order chi connectivity index (χ0) is 23.3. The van der Waals surface area contributed by atoms with E-state index in [1.807, 2.05) is 0 Å². The Morgan fingerprint density at radius 1 is 0.938 bits per heavy atom. The molecule has 0 aliphatic carbocycles. The monoisotopic (exact) mass is 456 g/mol. The number of sulfone groups is 1. The third-order valence-corrected chi connectivity index (χ3v) is 6.44. The molecule has 3 aromatic carbocycles. The largest absolute Gasteiger partial charge is 0.497 e. The molecule has 0 aliphatic heterocycles. The number of hydrogen-bond acceptors (Lipinski definition) is 7. The molecule has 0 unspecified atom stereocenters. The number of nitro benzene ring substituents is 1. The van der Waals surface area contributed by atoms with Crippen LogP contribution in [0.5, 0.6) is 11.5 Å². The standard InChI is InChI=1S/C22H20N2O7S/c1-30-18-8-3-15(21(14-18)31-2)13-22(25)23-16-4-9-19(10-5-16)32(28,29)20-11-6-17(7-12-20)24(26)27/h3-12,14H,13H2,1-2H3,(H,23,25). The molecule has 0 saturated heterocycles. The van der Waals surface area contributed by atoms with Crippen LogP contribution in [0.2, 0.25) is 0 Å². The average Bonchev–Trinajstić information content (AvgIpc) is 2.79. The minimum atomic E-state index is -3.85. The highest BCUT2D eigenvalue weighted by molar-refractivity contribution is 7.91. The summed E-state index contributed by atoms with van der Waals surface area (Å²) in [7, 11) is -0.820. The highest BCUT2D eigenvalue weighted by Gasteiger charge is 2.19. The van der Waals surface area contributed by atoms with Gasteiger partial charge in [0.05, 0.1) is 35.4 Å². The minimum Gasteiger partial charge on any atom is -0.497 e. The zero-order valence-corrected chi connectivity index (χ0v) is 18.1. The predicted octanol–water partition coefficient (Wildman–Crippen LogP) is 3.63. The van der Waals surface area contributed by atoms with Crippen molar-refractivity contribution in [3.8, 4) is 11.5 Å². The second-order valence-corrected chi connectivity index (χ2v) is 8.63. The van der Waals surface area contributed by atoms with Crippen LogP contribution in [0.1, 0.15) is 5.56 Å². The fourth-order valence-corrected chi connectivity index (χ4v) is 4.24. The molecular weight excluding hydrogens is 436 g/mol. The number of carbonyl (C=O) groups is 1. The molecule has 0 atom stereocenters. The normalized spacial score (nSPS) is 10.9. The molecule has 3 rings (SSSR count). The second-order valence-electron chi connectivity index (χ2n) is 6.68. The van der Waals surface area contributed by atoms with Crippen molar-refractivity contribution in [2.45, 2.75) is 16.2 Å². The predicted molar refractivity (Wildman–Crippen MR) is 117 cm³/mol. The summed E-state index contributed by atoms with van der Waals surface area (Å²) < 4.78 is 35.9. The molecule has 1 amide bonds. The number of non-ortho nitro benzene ring substituents is 1. The average molecular weight is 456 g/mol. The highest BCUT2D eigenvalue weighted by Crippen LogP contribution is 2.26. The quantitative estimate of drug-likeness (QED) is 0.405. The molecule has 9 nitrogen and oxygen atoms in total. The third-order valence-electron chi connectivity index (χ3n) is 4.65. The van der Waals surface area contributed by atoms with Crippen molar-refractivity contribution in [2.75, 3.05) is 19.5 Å². The van der Waals surface area contributed by atoms with Crippen molar-refractivity contribution >= 4 is 27.1 Å². The molecule has 166 valence electrons. The van der Waals surface area contributed by atoms with Gasteiger partial charge < -0.3 is 14.8 Å². The molecule has 0 bridgehead atoms. The van der Waals surface area contributed by atoms with Crippen molar-refractivity contribution in [2.24, 2.45) is 0 Å². The van der Waals surface area contributed by atoms with E-state index in [-0.39, 0.29) is 27.8 Å². The molecule has 0 radical (unpaired) electrons. The Morgan fingerprint density at radius 2 is 1.53 bits per heavy atom. The van der Waals surface area contributed by atoms with Crippen LogP contribution in [0.15, 0.2) is 76.5 Å². The van der Waals surface area contributed by atoms with E-state index >= 15 is 0 Å². The number of nitrogens with zero attached hydrogens (tertiary/aromatic N) is 1. The van der Waals surface area contributed by atoms with Gasteiger partial charge in [0.15, 0.2) is 0 Å². The van der Waals surface area contributed by atoms with Crippen LogP contribution in [-0.2, 0) is 21.1 Å². The van der Waals surface area contributed by atoms with Gasteiger partial charge >= 0.3 is 0 Å².